The van der Waals surface area contributed by atoms with Gasteiger partial charge in [0.25, 0.3) is 0 Å². The van der Waals surface area contributed by atoms with Crippen LogP contribution in [0, 0.1) is 5.92 Å². The summed E-state index contributed by atoms with van der Waals surface area (Å²) in [5.74, 6) is -1.88. The molecule has 1 aliphatic carbocycles. The number of sulfonamides is 1. The molecule has 0 saturated carbocycles. The van der Waals surface area contributed by atoms with E-state index < -0.39 is 43.0 Å². The molecule has 2 unspecified atom stereocenters. The Labute approximate surface area is 118 Å². The van der Waals surface area contributed by atoms with Crippen molar-refractivity contribution in [3.63, 3.8) is 0 Å². The first-order valence-electron chi connectivity index (χ1n) is 6.32. The quantitative estimate of drug-likeness (QED) is 0.674. The van der Waals surface area contributed by atoms with Crippen LogP contribution in [-0.4, -0.2) is 50.7 Å². The molecule has 0 amide bonds. The highest BCUT2D eigenvalue weighted by molar-refractivity contribution is 7.92. The Morgan fingerprint density at radius 2 is 1.80 bits per heavy atom. The molecule has 7 nitrogen and oxygen atoms in total. The summed E-state index contributed by atoms with van der Waals surface area (Å²) in [6.07, 6.45) is 3.39. The van der Waals surface area contributed by atoms with Crippen LogP contribution in [0.15, 0.2) is 12.2 Å². The van der Waals surface area contributed by atoms with Crippen LogP contribution < -0.4 is 4.72 Å². The number of rotatable bonds is 4. The van der Waals surface area contributed by atoms with E-state index in [0.29, 0.717) is 0 Å². The molecule has 2 aliphatic rings. The normalized spacial score (nSPS) is 30.4. The molecule has 0 radical (unpaired) electrons. The van der Waals surface area contributed by atoms with Crippen molar-refractivity contribution in [2.24, 2.45) is 5.92 Å². The summed E-state index contributed by atoms with van der Waals surface area (Å²) in [7, 11) is -6.73. The molecule has 2 rings (SSSR count). The van der Waals surface area contributed by atoms with Gasteiger partial charge in [0.1, 0.15) is 9.84 Å². The van der Waals surface area contributed by atoms with E-state index in [0.717, 1.165) is 0 Å². The minimum absolute atomic E-state index is 0.0937. The highest BCUT2D eigenvalue weighted by Gasteiger charge is 2.35. The van der Waals surface area contributed by atoms with E-state index in [1.807, 2.05) is 0 Å². The van der Waals surface area contributed by atoms with Gasteiger partial charge in [0.15, 0.2) is 0 Å². The molecule has 20 heavy (non-hydrogen) atoms. The standard InChI is InChI=1S/C11H17NO6S2/c13-11(14)8-1-2-9(7-8)12-20(17,18)10-3-5-19(15,16)6-4-10/h1-2,8-10,12H,3-7H2,(H,13,14). The van der Waals surface area contributed by atoms with Gasteiger partial charge in [-0.1, -0.05) is 12.2 Å². The van der Waals surface area contributed by atoms with Crippen LogP contribution in [0.2, 0.25) is 0 Å². The summed E-state index contributed by atoms with van der Waals surface area (Å²) in [5.41, 5.74) is 0. The number of hydrogen-bond acceptors (Lipinski definition) is 5. The van der Waals surface area contributed by atoms with Crippen molar-refractivity contribution < 1.29 is 26.7 Å². The van der Waals surface area contributed by atoms with Crippen LogP contribution in [0.5, 0.6) is 0 Å². The summed E-state index contributed by atoms with van der Waals surface area (Å²) in [5, 5.41) is 8.12. The lowest BCUT2D eigenvalue weighted by atomic mass is 10.1. The molecule has 0 aromatic heterocycles. The summed E-state index contributed by atoms with van der Waals surface area (Å²) in [4.78, 5) is 10.8. The molecule has 1 saturated heterocycles. The first-order chi connectivity index (χ1) is 9.20. The zero-order valence-electron chi connectivity index (χ0n) is 10.7. The van der Waals surface area contributed by atoms with Gasteiger partial charge in [-0.3, -0.25) is 4.79 Å². The summed E-state index contributed by atoms with van der Waals surface area (Å²) in [6.45, 7) is 0. The van der Waals surface area contributed by atoms with Crippen molar-refractivity contribution in [1.29, 1.82) is 0 Å². The fourth-order valence-corrected chi connectivity index (χ4v) is 5.89. The number of nitrogens with one attached hydrogen (secondary N) is 1. The monoisotopic (exact) mass is 323 g/mol. The molecular formula is C11H17NO6S2. The summed E-state index contributed by atoms with van der Waals surface area (Å²) < 4.78 is 49.3. The van der Waals surface area contributed by atoms with Crippen molar-refractivity contribution in [2.75, 3.05) is 11.5 Å². The van der Waals surface area contributed by atoms with Crippen molar-refractivity contribution in [3.8, 4) is 0 Å². The molecule has 2 atom stereocenters. The van der Waals surface area contributed by atoms with Gasteiger partial charge < -0.3 is 5.11 Å². The van der Waals surface area contributed by atoms with E-state index in [2.05, 4.69) is 4.72 Å². The number of carbonyl (C=O) groups is 1. The van der Waals surface area contributed by atoms with E-state index in [1.165, 1.54) is 12.2 Å². The van der Waals surface area contributed by atoms with E-state index in [-0.39, 0.29) is 30.8 Å². The third-order valence-electron chi connectivity index (χ3n) is 3.66. The van der Waals surface area contributed by atoms with Gasteiger partial charge in [-0.05, 0) is 19.3 Å². The van der Waals surface area contributed by atoms with Crippen LogP contribution in [0.1, 0.15) is 19.3 Å². The van der Waals surface area contributed by atoms with Gasteiger partial charge in [0, 0.05) is 6.04 Å². The zero-order chi connectivity index (χ0) is 15.0. The largest absolute Gasteiger partial charge is 0.481 e. The Bertz CT molecular complexity index is 607. The van der Waals surface area contributed by atoms with Gasteiger partial charge in [-0.2, -0.15) is 0 Å². The van der Waals surface area contributed by atoms with Gasteiger partial charge in [0.2, 0.25) is 10.0 Å². The molecule has 114 valence electrons. The van der Waals surface area contributed by atoms with Crippen LogP contribution in [0.25, 0.3) is 0 Å². The average molecular weight is 323 g/mol. The Kier molecular flexibility index (Phi) is 4.22. The number of carboxylic acids is 1. The molecule has 1 fully saturated rings. The fourth-order valence-electron chi connectivity index (χ4n) is 2.46. The van der Waals surface area contributed by atoms with Crippen LogP contribution in [0.4, 0.5) is 0 Å². The van der Waals surface area contributed by atoms with E-state index in [4.69, 9.17) is 5.11 Å². The van der Waals surface area contributed by atoms with Crippen molar-refractivity contribution in [2.45, 2.75) is 30.6 Å². The van der Waals surface area contributed by atoms with Gasteiger partial charge in [-0.25, -0.2) is 21.6 Å². The summed E-state index contributed by atoms with van der Waals surface area (Å²) >= 11 is 0. The summed E-state index contributed by atoms with van der Waals surface area (Å²) in [6, 6.07) is -0.528. The SMILES string of the molecule is O=C(O)C1C=CC(NS(=O)(=O)C2CCS(=O)(=O)CC2)C1. The van der Waals surface area contributed by atoms with Gasteiger partial charge >= 0.3 is 5.97 Å². The predicted octanol–water partition coefficient (Wildman–Crippen LogP) is -0.488. The molecule has 0 aromatic rings. The van der Waals surface area contributed by atoms with E-state index in [9.17, 15) is 21.6 Å². The van der Waals surface area contributed by atoms with Crippen molar-refractivity contribution >= 4 is 25.8 Å². The van der Waals surface area contributed by atoms with E-state index >= 15 is 0 Å². The average Bonchev–Trinajstić information content (AvgIpc) is 2.76. The van der Waals surface area contributed by atoms with Crippen LogP contribution in [0.3, 0.4) is 0 Å². The van der Waals surface area contributed by atoms with Crippen LogP contribution >= 0.6 is 0 Å². The number of carboxylic acid groups (broad SMARTS) is 1. The lowest BCUT2D eigenvalue weighted by molar-refractivity contribution is -0.140. The van der Waals surface area contributed by atoms with Crippen LogP contribution in [-0.2, 0) is 24.7 Å². The Morgan fingerprint density at radius 1 is 1.20 bits per heavy atom. The molecule has 2 N–H and O–H groups in total. The molecular weight excluding hydrogens is 306 g/mol. The lowest BCUT2D eigenvalue weighted by Crippen LogP contribution is -2.43. The zero-order valence-corrected chi connectivity index (χ0v) is 12.4. The molecule has 0 bridgehead atoms. The maximum absolute atomic E-state index is 12.1. The lowest BCUT2D eigenvalue weighted by Gasteiger charge is -2.24. The third kappa shape index (κ3) is 3.58. The molecule has 1 aliphatic heterocycles. The molecule has 0 aromatic carbocycles. The second-order valence-corrected chi connectivity index (χ2v) is 9.48. The highest BCUT2D eigenvalue weighted by atomic mass is 32.2. The second kappa shape index (κ2) is 5.45. The minimum Gasteiger partial charge on any atom is -0.481 e. The first-order valence-corrected chi connectivity index (χ1v) is 9.69. The molecule has 0 spiro atoms. The minimum atomic E-state index is -3.62. The molecule has 9 heteroatoms. The Balaban J connectivity index is 1.96. The Morgan fingerprint density at radius 3 is 2.30 bits per heavy atom. The predicted molar refractivity (Wildman–Crippen MR) is 72.4 cm³/mol. The maximum Gasteiger partial charge on any atom is 0.310 e. The number of aliphatic carboxylic acids is 1. The highest BCUT2D eigenvalue weighted by Crippen LogP contribution is 2.22. The number of sulfone groups is 1. The van der Waals surface area contributed by atoms with Gasteiger partial charge in [0.05, 0.1) is 22.7 Å². The third-order valence-corrected chi connectivity index (χ3v) is 7.35. The second-order valence-electron chi connectivity index (χ2n) is 5.19. The first kappa shape index (κ1) is 15.5. The Hall–Kier alpha value is -0.930. The fraction of sp³-hybridized carbons (Fsp3) is 0.727. The van der Waals surface area contributed by atoms with Gasteiger partial charge in [-0.15, -0.1) is 0 Å². The number of hydrogen-bond donors (Lipinski definition) is 2. The topological polar surface area (TPSA) is 118 Å². The maximum atomic E-state index is 12.1. The van der Waals surface area contributed by atoms with Crippen molar-refractivity contribution in [3.05, 3.63) is 12.2 Å². The van der Waals surface area contributed by atoms with E-state index in [1.54, 1.807) is 0 Å². The molecule has 1 heterocycles. The smallest absolute Gasteiger partial charge is 0.310 e. The van der Waals surface area contributed by atoms with Crippen molar-refractivity contribution in [1.82, 2.24) is 4.72 Å².